The van der Waals surface area contributed by atoms with E-state index < -0.39 is 16.8 Å². The van der Waals surface area contributed by atoms with E-state index in [0.29, 0.717) is 6.42 Å². The van der Waals surface area contributed by atoms with E-state index in [4.69, 9.17) is 5.11 Å². The molecule has 1 aromatic heterocycles. The second-order valence-corrected chi connectivity index (χ2v) is 3.62. The van der Waals surface area contributed by atoms with E-state index in [1.807, 2.05) is 0 Å². The molecule has 0 radical (unpaired) electrons. The van der Waals surface area contributed by atoms with Gasteiger partial charge in [-0.1, -0.05) is 6.92 Å². The van der Waals surface area contributed by atoms with Crippen LogP contribution in [0.25, 0.3) is 0 Å². The van der Waals surface area contributed by atoms with Crippen LogP contribution in [0.2, 0.25) is 0 Å². The summed E-state index contributed by atoms with van der Waals surface area (Å²) in [6.07, 6.45) is 1.72. The minimum Gasteiger partial charge on any atom is -0.481 e. The summed E-state index contributed by atoms with van der Waals surface area (Å²) in [6.45, 7) is 1.86. The summed E-state index contributed by atoms with van der Waals surface area (Å²) in [6, 6.07) is 0. The number of nitrogens with zero attached hydrogens (tertiary/aromatic N) is 3. The number of hydrogen-bond acceptors (Lipinski definition) is 5. The van der Waals surface area contributed by atoms with Gasteiger partial charge in [-0.15, -0.1) is 5.10 Å². The lowest BCUT2D eigenvalue weighted by molar-refractivity contribution is -0.384. The number of aryl methyl sites for hydroxylation is 1. The first-order chi connectivity index (χ1) is 7.95. The molecular weight excluding hydrogens is 228 g/mol. The Bertz CT molecular complexity index is 429. The molecule has 17 heavy (non-hydrogen) atoms. The molecule has 0 spiro atoms. The minimum absolute atomic E-state index is 0.0946. The zero-order chi connectivity index (χ0) is 13.0. The Kier molecular flexibility index (Phi) is 4.02. The van der Waals surface area contributed by atoms with Crippen LogP contribution in [0.5, 0.6) is 0 Å². The maximum absolute atomic E-state index is 10.8. The normalized spacial score (nSPS) is 12.1. The molecule has 0 bridgehead atoms. The number of nitro groups is 1. The largest absolute Gasteiger partial charge is 0.481 e. The standard InChI is InChI=1S/C9H14N4O4/c1-3-6(9(14)15)4-10-8-7(13(16)17)5-12(2)11-8/h5-6H,3-4H2,1-2H3,(H,10,11)(H,14,15). The van der Waals surface area contributed by atoms with E-state index in [1.54, 1.807) is 14.0 Å². The summed E-state index contributed by atoms with van der Waals surface area (Å²) in [5, 5.41) is 26.1. The first-order valence-electron chi connectivity index (χ1n) is 5.10. The van der Waals surface area contributed by atoms with Gasteiger partial charge in [-0.05, 0) is 6.42 Å². The van der Waals surface area contributed by atoms with Gasteiger partial charge in [0.25, 0.3) is 0 Å². The Morgan fingerprint density at radius 3 is 2.88 bits per heavy atom. The van der Waals surface area contributed by atoms with Crippen LogP contribution in [0.15, 0.2) is 6.20 Å². The van der Waals surface area contributed by atoms with Gasteiger partial charge in [-0.2, -0.15) is 0 Å². The van der Waals surface area contributed by atoms with Crippen LogP contribution < -0.4 is 5.32 Å². The van der Waals surface area contributed by atoms with Crippen molar-refractivity contribution >= 4 is 17.5 Å². The average molecular weight is 242 g/mol. The molecule has 0 amide bonds. The number of carboxylic acid groups (broad SMARTS) is 1. The van der Waals surface area contributed by atoms with Crippen molar-refractivity contribution in [2.75, 3.05) is 11.9 Å². The molecule has 1 rings (SSSR count). The lowest BCUT2D eigenvalue weighted by atomic mass is 10.1. The Balaban J connectivity index is 2.74. The molecule has 1 atom stereocenters. The van der Waals surface area contributed by atoms with Gasteiger partial charge in [0.05, 0.1) is 10.8 Å². The molecule has 8 nitrogen and oxygen atoms in total. The van der Waals surface area contributed by atoms with Crippen LogP contribution >= 0.6 is 0 Å². The van der Waals surface area contributed by atoms with Gasteiger partial charge in [0.15, 0.2) is 0 Å². The van der Waals surface area contributed by atoms with Crippen LogP contribution in [0, 0.1) is 16.0 Å². The Morgan fingerprint density at radius 2 is 2.41 bits per heavy atom. The lowest BCUT2D eigenvalue weighted by Gasteiger charge is -2.09. The maximum Gasteiger partial charge on any atom is 0.330 e. The van der Waals surface area contributed by atoms with Crippen molar-refractivity contribution < 1.29 is 14.8 Å². The van der Waals surface area contributed by atoms with Crippen molar-refractivity contribution in [1.82, 2.24) is 9.78 Å². The van der Waals surface area contributed by atoms with Crippen molar-refractivity contribution in [3.05, 3.63) is 16.3 Å². The van der Waals surface area contributed by atoms with Crippen molar-refractivity contribution in [1.29, 1.82) is 0 Å². The number of anilines is 1. The highest BCUT2D eigenvalue weighted by molar-refractivity contribution is 5.71. The molecule has 0 saturated carbocycles. The molecule has 1 unspecified atom stereocenters. The lowest BCUT2D eigenvalue weighted by Crippen LogP contribution is -2.22. The zero-order valence-corrected chi connectivity index (χ0v) is 9.58. The maximum atomic E-state index is 10.8. The van der Waals surface area contributed by atoms with Gasteiger partial charge in [0.2, 0.25) is 5.82 Å². The number of carbonyl (C=O) groups is 1. The highest BCUT2D eigenvalue weighted by Crippen LogP contribution is 2.21. The van der Waals surface area contributed by atoms with E-state index >= 15 is 0 Å². The summed E-state index contributed by atoms with van der Waals surface area (Å²) < 4.78 is 1.31. The molecule has 0 aliphatic heterocycles. The monoisotopic (exact) mass is 242 g/mol. The Labute approximate surface area is 97.4 Å². The van der Waals surface area contributed by atoms with Gasteiger partial charge in [0.1, 0.15) is 6.20 Å². The first-order valence-corrected chi connectivity index (χ1v) is 5.10. The highest BCUT2D eigenvalue weighted by atomic mass is 16.6. The Hall–Kier alpha value is -2.12. The third-order valence-electron chi connectivity index (χ3n) is 2.36. The van der Waals surface area contributed by atoms with Gasteiger partial charge in [-0.3, -0.25) is 19.6 Å². The van der Waals surface area contributed by atoms with Crippen LogP contribution in [0.1, 0.15) is 13.3 Å². The molecule has 0 aliphatic carbocycles. The number of nitrogens with one attached hydrogen (secondary N) is 1. The van der Waals surface area contributed by atoms with Gasteiger partial charge in [0, 0.05) is 13.6 Å². The molecule has 94 valence electrons. The first kappa shape index (κ1) is 12.9. The summed E-state index contributed by atoms with van der Waals surface area (Å²) >= 11 is 0. The number of carboxylic acids is 1. The summed E-state index contributed by atoms with van der Waals surface area (Å²) in [4.78, 5) is 20.9. The fraction of sp³-hybridized carbons (Fsp3) is 0.556. The van der Waals surface area contributed by atoms with E-state index in [1.165, 1.54) is 10.9 Å². The molecule has 0 aromatic carbocycles. The fourth-order valence-corrected chi connectivity index (χ4v) is 1.36. The third kappa shape index (κ3) is 3.16. The number of aliphatic carboxylic acids is 1. The second kappa shape index (κ2) is 5.28. The molecule has 2 N–H and O–H groups in total. The van der Waals surface area contributed by atoms with Crippen LogP contribution in [-0.2, 0) is 11.8 Å². The topological polar surface area (TPSA) is 110 Å². The predicted molar refractivity (Wildman–Crippen MR) is 59.8 cm³/mol. The highest BCUT2D eigenvalue weighted by Gasteiger charge is 2.21. The number of rotatable bonds is 6. The summed E-state index contributed by atoms with van der Waals surface area (Å²) in [5.41, 5.74) is -0.159. The number of aromatic nitrogens is 2. The zero-order valence-electron chi connectivity index (χ0n) is 9.58. The van der Waals surface area contributed by atoms with E-state index in [0.717, 1.165) is 0 Å². The predicted octanol–water partition coefficient (Wildman–Crippen LogP) is 0.851. The second-order valence-electron chi connectivity index (χ2n) is 3.62. The molecule has 1 aromatic rings. The van der Waals surface area contributed by atoms with E-state index in [9.17, 15) is 14.9 Å². The molecule has 0 aliphatic rings. The van der Waals surface area contributed by atoms with Gasteiger partial charge < -0.3 is 10.4 Å². The molecule has 1 heterocycles. The van der Waals surface area contributed by atoms with E-state index in [-0.39, 0.29) is 18.1 Å². The molecule has 0 saturated heterocycles. The fourth-order valence-electron chi connectivity index (χ4n) is 1.36. The third-order valence-corrected chi connectivity index (χ3v) is 2.36. The van der Waals surface area contributed by atoms with Crippen molar-refractivity contribution in [3.8, 4) is 0 Å². The van der Waals surface area contributed by atoms with Gasteiger partial charge in [-0.25, -0.2) is 0 Å². The van der Waals surface area contributed by atoms with Crippen LogP contribution in [0.3, 0.4) is 0 Å². The SMILES string of the molecule is CCC(CNc1nn(C)cc1[N+](=O)[O-])C(=O)O. The summed E-state index contributed by atoms with van der Waals surface area (Å²) in [7, 11) is 1.56. The minimum atomic E-state index is -0.932. The van der Waals surface area contributed by atoms with E-state index in [2.05, 4.69) is 10.4 Å². The van der Waals surface area contributed by atoms with Crippen molar-refractivity contribution in [2.45, 2.75) is 13.3 Å². The van der Waals surface area contributed by atoms with Crippen LogP contribution in [0.4, 0.5) is 11.5 Å². The summed E-state index contributed by atoms with van der Waals surface area (Å²) in [5.74, 6) is -1.42. The molecule has 0 fully saturated rings. The van der Waals surface area contributed by atoms with Gasteiger partial charge >= 0.3 is 11.7 Å². The molecular formula is C9H14N4O4. The van der Waals surface area contributed by atoms with Crippen molar-refractivity contribution in [3.63, 3.8) is 0 Å². The smallest absolute Gasteiger partial charge is 0.330 e. The Morgan fingerprint density at radius 1 is 1.76 bits per heavy atom. The average Bonchev–Trinajstić information content (AvgIpc) is 2.60. The van der Waals surface area contributed by atoms with Crippen molar-refractivity contribution in [2.24, 2.45) is 13.0 Å². The molecule has 8 heteroatoms. The quantitative estimate of drug-likeness (QED) is 0.565. The van der Waals surface area contributed by atoms with Crippen LogP contribution in [-0.4, -0.2) is 32.3 Å². The number of hydrogen-bond donors (Lipinski definition) is 2.